The van der Waals surface area contributed by atoms with Gasteiger partial charge in [0.05, 0.1) is 33.1 Å². The fraction of sp³-hybridized carbons (Fsp3) is 0. The Balaban J connectivity index is 0.946. The first-order valence-corrected chi connectivity index (χ1v) is 18.9. The lowest BCUT2D eigenvalue weighted by molar-refractivity contribution is 1.07. The second-order valence-corrected chi connectivity index (χ2v) is 14.4. The lowest BCUT2D eigenvalue weighted by Crippen LogP contribution is -1.99. The predicted octanol–water partition coefficient (Wildman–Crippen LogP) is 12.2. The van der Waals surface area contributed by atoms with Crippen molar-refractivity contribution in [1.82, 2.24) is 28.2 Å². The van der Waals surface area contributed by atoms with Crippen LogP contribution in [0.3, 0.4) is 0 Å². The second kappa shape index (κ2) is 11.9. The van der Waals surface area contributed by atoms with Crippen LogP contribution in [-0.4, -0.2) is 28.2 Å². The Kier molecular flexibility index (Phi) is 6.53. The molecule has 6 aromatic carbocycles. The van der Waals surface area contributed by atoms with E-state index in [1.54, 1.807) is 0 Å². The van der Waals surface area contributed by atoms with Crippen LogP contribution >= 0.6 is 0 Å². The predicted molar refractivity (Wildman–Crippen MR) is 230 cm³/mol. The van der Waals surface area contributed by atoms with Gasteiger partial charge in [0, 0.05) is 79.6 Å². The molecule has 0 aliphatic carbocycles. The van der Waals surface area contributed by atoms with E-state index in [4.69, 9.17) is 9.97 Å². The molecule has 0 amide bonds. The van der Waals surface area contributed by atoms with Crippen LogP contribution in [-0.2, 0) is 0 Å². The zero-order chi connectivity index (χ0) is 36.7. The molecule has 0 atom stereocenters. The first-order chi connectivity index (χ1) is 27.8. The number of benzene rings is 6. The van der Waals surface area contributed by atoms with Gasteiger partial charge in [0.1, 0.15) is 11.6 Å². The van der Waals surface area contributed by atoms with E-state index < -0.39 is 0 Å². The summed E-state index contributed by atoms with van der Waals surface area (Å²) >= 11 is 0. The molecule has 56 heavy (non-hydrogen) atoms. The van der Waals surface area contributed by atoms with Crippen LogP contribution < -0.4 is 0 Å². The van der Waals surface area contributed by atoms with E-state index in [1.165, 1.54) is 32.3 Å². The number of para-hydroxylation sites is 4. The van der Waals surface area contributed by atoms with Crippen molar-refractivity contribution in [1.29, 1.82) is 0 Å². The van der Waals surface area contributed by atoms with Gasteiger partial charge in [-0.15, -0.1) is 0 Å². The Bertz CT molecular complexity index is 3210. The SMILES string of the molecule is c1ccc(-n2ccc3cc4c5ccccc5n(-c5ccc(-c6ccc(-n7c8ccccc8c8cc9ccn(-c%10ccccc%10)c9cc87)nc6)cn5)c4cc32)cc1. The summed E-state index contributed by atoms with van der Waals surface area (Å²) < 4.78 is 9.08. The van der Waals surface area contributed by atoms with Crippen molar-refractivity contribution in [2.75, 3.05) is 0 Å². The molecular weight excluding hydrogens is 685 g/mol. The molecule has 0 aliphatic rings. The Labute approximate surface area is 321 Å². The highest BCUT2D eigenvalue weighted by Gasteiger charge is 2.18. The summed E-state index contributed by atoms with van der Waals surface area (Å²) in [5.74, 6) is 1.75. The highest BCUT2D eigenvalue weighted by atomic mass is 15.1. The number of hydrogen-bond acceptors (Lipinski definition) is 2. The van der Waals surface area contributed by atoms with E-state index in [2.05, 4.69) is 201 Å². The van der Waals surface area contributed by atoms with Crippen LogP contribution in [0.25, 0.3) is 99.6 Å². The molecule has 0 N–H and O–H groups in total. The van der Waals surface area contributed by atoms with Crippen molar-refractivity contribution in [3.8, 4) is 34.1 Å². The molecule has 0 saturated heterocycles. The molecular formula is C50H32N6. The van der Waals surface area contributed by atoms with Crippen LogP contribution in [0.1, 0.15) is 0 Å². The van der Waals surface area contributed by atoms with Crippen molar-refractivity contribution in [2.45, 2.75) is 0 Å². The van der Waals surface area contributed by atoms with Crippen molar-refractivity contribution in [3.05, 3.63) is 195 Å². The van der Waals surface area contributed by atoms with E-state index in [0.29, 0.717) is 0 Å². The van der Waals surface area contributed by atoms with Crippen molar-refractivity contribution in [3.63, 3.8) is 0 Å². The molecule has 0 radical (unpaired) electrons. The zero-order valence-corrected chi connectivity index (χ0v) is 30.2. The van der Waals surface area contributed by atoms with Gasteiger partial charge in [-0.25, -0.2) is 9.97 Å². The standard InChI is InChI=1S/C50H32N6/c1-3-11-37(12-4-1)53-25-23-33-27-41-39-15-7-9-17-43(39)55(47(41)29-45(33)53)49-21-19-35(31-51-49)36-20-22-50(52-32-36)56-44-18-10-8-16-40(44)42-28-34-24-26-54(46(34)30-48(42)56)38-13-5-2-6-14-38/h1-32H. The first-order valence-electron chi connectivity index (χ1n) is 18.9. The molecule has 12 rings (SSSR count). The fourth-order valence-corrected chi connectivity index (χ4v) is 8.70. The maximum atomic E-state index is 5.08. The number of pyridine rings is 2. The Morgan fingerprint density at radius 1 is 0.321 bits per heavy atom. The summed E-state index contributed by atoms with van der Waals surface area (Å²) in [5, 5.41) is 7.26. The highest BCUT2D eigenvalue weighted by Crippen LogP contribution is 2.37. The van der Waals surface area contributed by atoms with Crippen molar-refractivity contribution in [2.24, 2.45) is 0 Å². The average Bonchev–Trinajstić information content (AvgIpc) is 4.03. The van der Waals surface area contributed by atoms with Crippen LogP contribution in [0.15, 0.2) is 195 Å². The number of rotatable bonds is 5. The average molecular weight is 717 g/mol. The van der Waals surface area contributed by atoms with Gasteiger partial charge in [0.25, 0.3) is 0 Å². The van der Waals surface area contributed by atoms with E-state index in [0.717, 1.165) is 67.2 Å². The summed E-state index contributed by atoms with van der Waals surface area (Å²) in [6.07, 6.45) is 8.24. The van der Waals surface area contributed by atoms with E-state index in [1.807, 2.05) is 12.4 Å². The number of fused-ring (bicyclic) bond motifs is 8. The smallest absolute Gasteiger partial charge is 0.137 e. The lowest BCUT2D eigenvalue weighted by Gasteiger charge is -2.11. The van der Waals surface area contributed by atoms with Gasteiger partial charge in [0.2, 0.25) is 0 Å². The van der Waals surface area contributed by atoms with Gasteiger partial charge in [-0.3, -0.25) is 9.13 Å². The van der Waals surface area contributed by atoms with Crippen LogP contribution in [0.5, 0.6) is 0 Å². The Morgan fingerprint density at radius 3 is 1.18 bits per heavy atom. The minimum atomic E-state index is 0.874. The normalized spacial score (nSPS) is 11.9. The van der Waals surface area contributed by atoms with Crippen molar-refractivity contribution < 1.29 is 0 Å². The van der Waals surface area contributed by atoms with Gasteiger partial charge < -0.3 is 9.13 Å². The minimum absolute atomic E-state index is 0.874. The van der Waals surface area contributed by atoms with Gasteiger partial charge >= 0.3 is 0 Å². The van der Waals surface area contributed by atoms with E-state index in [9.17, 15) is 0 Å². The molecule has 6 nitrogen and oxygen atoms in total. The summed E-state index contributed by atoms with van der Waals surface area (Å²) in [7, 11) is 0. The molecule has 0 fully saturated rings. The largest absolute Gasteiger partial charge is 0.316 e. The summed E-state index contributed by atoms with van der Waals surface area (Å²) in [4.78, 5) is 10.2. The highest BCUT2D eigenvalue weighted by molar-refractivity contribution is 6.14. The minimum Gasteiger partial charge on any atom is -0.316 e. The van der Waals surface area contributed by atoms with E-state index in [-0.39, 0.29) is 0 Å². The van der Waals surface area contributed by atoms with Gasteiger partial charge in [-0.05, 0) is 97.1 Å². The third kappa shape index (κ3) is 4.56. The number of nitrogens with zero attached hydrogens (tertiary/aromatic N) is 6. The quantitative estimate of drug-likeness (QED) is 0.178. The molecule has 0 bridgehead atoms. The molecule has 6 heterocycles. The van der Waals surface area contributed by atoms with E-state index >= 15 is 0 Å². The summed E-state index contributed by atoms with van der Waals surface area (Å²) in [6.45, 7) is 0. The molecule has 12 aromatic rings. The third-order valence-corrected chi connectivity index (χ3v) is 11.3. The second-order valence-electron chi connectivity index (χ2n) is 14.4. The van der Waals surface area contributed by atoms with Crippen LogP contribution in [0.4, 0.5) is 0 Å². The van der Waals surface area contributed by atoms with Crippen molar-refractivity contribution >= 4 is 65.4 Å². The molecule has 0 spiro atoms. The lowest BCUT2D eigenvalue weighted by atomic mass is 10.1. The summed E-state index contributed by atoms with van der Waals surface area (Å²) in [5.41, 5.74) is 11.1. The maximum absolute atomic E-state index is 5.08. The number of hydrogen-bond donors (Lipinski definition) is 0. The molecule has 0 saturated carbocycles. The zero-order valence-electron chi connectivity index (χ0n) is 30.2. The molecule has 262 valence electrons. The first kappa shape index (κ1) is 30.7. The van der Waals surface area contributed by atoms with Crippen LogP contribution in [0, 0.1) is 0 Å². The monoisotopic (exact) mass is 716 g/mol. The van der Waals surface area contributed by atoms with Gasteiger partial charge in [-0.1, -0.05) is 72.8 Å². The molecule has 0 aliphatic heterocycles. The topological polar surface area (TPSA) is 45.5 Å². The van der Waals surface area contributed by atoms with Gasteiger partial charge in [-0.2, -0.15) is 0 Å². The maximum Gasteiger partial charge on any atom is 0.137 e. The fourth-order valence-electron chi connectivity index (χ4n) is 8.70. The molecule has 0 unspecified atom stereocenters. The van der Waals surface area contributed by atoms with Gasteiger partial charge in [0.15, 0.2) is 0 Å². The molecule has 6 aromatic heterocycles. The third-order valence-electron chi connectivity index (χ3n) is 11.3. The number of aromatic nitrogens is 6. The molecule has 6 heteroatoms. The summed E-state index contributed by atoms with van der Waals surface area (Å²) in [6, 6.07) is 60.4. The van der Waals surface area contributed by atoms with Crippen LogP contribution in [0.2, 0.25) is 0 Å². The Hall–Kier alpha value is -7.70. The Morgan fingerprint density at radius 2 is 0.750 bits per heavy atom.